The van der Waals surface area contributed by atoms with E-state index in [1.54, 1.807) is 0 Å². The zero-order chi connectivity index (χ0) is 33.2. The minimum atomic E-state index is -0.0563. The van der Waals surface area contributed by atoms with E-state index in [4.69, 9.17) is 0 Å². The molecule has 0 saturated carbocycles. The Hall–Kier alpha value is -5.66. The summed E-state index contributed by atoms with van der Waals surface area (Å²) in [6, 6.07) is 61.9. The second-order valence-corrected chi connectivity index (χ2v) is 13.8. The highest BCUT2D eigenvalue weighted by Crippen LogP contribution is 2.50. The standard InChI is InChI=1S/C48H41N/c1-48(2)46-31-35(12-9-11-34-19-22-38(23-20-34)36-13-5-3-6-14-36)21-29-44(46)45-30-28-43(33-47(45)48)49-42-26-24-39(25-27-42)41-18-10-17-40(32-41)37-15-7-4-8-16-37/h3-8,10,13-33,49H,9,11-12H2,1-2H3. The molecule has 0 aliphatic heterocycles. The minimum Gasteiger partial charge on any atom is -0.356 e. The van der Waals surface area contributed by atoms with E-state index in [1.165, 1.54) is 66.8 Å². The molecule has 1 nitrogen and oxygen atoms in total. The van der Waals surface area contributed by atoms with E-state index in [2.05, 4.69) is 189 Å². The van der Waals surface area contributed by atoms with Crippen LogP contribution in [0, 0.1) is 0 Å². The quantitative estimate of drug-likeness (QED) is 0.167. The number of rotatable bonds is 9. The van der Waals surface area contributed by atoms with Crippen molar-refractivity contribution in [2.75, 3.05) is 5.32 Å². The smallest absolute Gasteiger partial charge is 0.0387 e. The molecule has 0 spiro atoms. The van der Waals surface area contributed by atoms with Gasteiger partial charge in [0, 0.05) is 16.8 Å². The largest absolute Gasteiger partial charge is 0.356 e. The van der Waals surface area contributed by atoms with Crippen LogP contribution in [-0.4, -0.2) is 0 Å². The van der Waals surface area contributed by atoms with Gasteiger partial charge in [-0.05, 0) is 116 Å². The van der Waals surface area contributed by atoms with E-state index in [1.807, 2.05) is 0 Å². The molecular weight excluding hydrogens is 591 g/mol. The lowest BCUT2D eigenvalue weighted by Crippen LogP contribution is -2.15. The van der Waals surface area contributed by atoms with Crippen molar-refractivity contribution in [2.24, 2.45) is 0 Å². The molecule has 0 amide bonds. The molecule has 0 atom stereocenters. The topological polar surface area (TPSA) is 12.0 Å². The highest BCUT2D eigenvalue weighted by molar-refractivity contribution is 5.83. The van der Waals surface area contributed by atoms with Gasteiger partial charge in [0.1, 0.15) is 0 Å². The van der Waals surface area contributed by atoms with E-state index in [9.17, 15) is 0 Å². The molecule has 0 fully saturated rings. The molecule has 0 aromatic heterocycles. The number of fused-ring (bicyclic) bond motifs is 3. The Morgan fingerprint density at radius 2 is 0.857 bits per heavy atom. The summed E-state index contributed by atoms with van der Waals surface area (Å²) in [4.78, 5) is 0. The van der Waals surface area contributed by atoms with Crippen LogP contribution >= 0.6 is 0 Å². The Morgan fingerprint density at radius 3 is 1.53 bits per heavy atom. The maximum absolute atomic E-state index is 3.68. The molecule has 7 aromatic rings. The third-order valence-electron chi connectivity index (χ3n) is 10.2. The van der Waals surface area contributed by atoms with Crippen LogP contribution < -0.4 is 5.32 Å². The first-order valence-electron chi connectivity index (χ1n) is 17.5. The average molecular weight is 632 g/mol. The van der Waals surface area contributed by atoms with Crippen LogP contribution in [0.15, 0.2) is 170 Å². The lowest BCUT2D eigenvalue weighted by Gasteiger charge is -2.23. The normalized spacial score (nSPS) is 12.7. The lowest BCUT2D eigenvalue weighted by atomic mass is 9.81. The first kappa shape index (κ1) is 30.7. The lowest BCUT2D eigenvalue weighted by molar-refractivity contribution is 0.658. The maximum Gasteiger partial charge on any atom is 0.0387 e. The third-order valence-corrected chi connectivity index (χ3v) is 10.2. The number of nitrogens with one attached hydrogen (secondary N) is 1. The van der Waals surface area contributed by atoms with Crippen LogP contribution in [0.3, 0.4) is 0 Å². The molecular formula is C48H41N. The Kier molecular flexibility index (Phi) is 8.19. The Bertz CT molecular complexity index is 2210. The number of benzene rings is 7. The van der Waals surface area contributed by atoms with Crippen molar-refractivity contribution in [1.82, 2.24) is 0 Å². The van der Waals surface area contributed by atoms with Crippen molar-refractivity contribution < 1.29 is 0 Å². The van der Waals surface area contributed by atoms with Crippen molar-refractivity contribution >= 4 is 11.4 Å². The van der Waals surface area contributed by atoms with E-state index >= 15 is 0 Å². The number of hydrogen-bond acceptors (Lipinski definition) is 1. The van der Waals surface area contributed by atoms with Crippen LogP contribution in [0.25, 0.3) is 44.5 Å². The van der Waals surface area contributed by atoms with Crippen LogP contribution in [0.2, 0.25) is 0 Å². The van der Waals surface area contributed by atoms with E-state index < -0.39 is 0 Å². The molecule has 8 rings (SSSR count). The first-order chi connectivity index (χ1) is 24.0. The molecule has 1 aliphatic rings. The van der Waals surface area contributed by atoms with Crippen molar-refractivity contribution in [2.45, 2.75) is 38.5 Å². The van der Waals surface area contributed by atoms with Gasteiger partial charge in [-0.25, -0.2) is 0 Å². The van der Waals surface area contributed by atoms with Gasteiger partial charge in [0.2, 0.25) is 0 Å². The van der Waals surface area contributed by atoms with Crippen LogP contribution in [0.5, 0.6) is 0 Å². The van der Waals surface area contributed by atoms with Gasteiger partial charge in [0.25, 0.3) is 0 Å². The van der Waals surface area contributed by atoms with E-state index in [-0.39, 0.29) is 5.41 Å². The van der Waals surface area contributed by atoms with E-state index in [0.717, 1.165) is 30.6 Å². The van der Waals surface area contributed by atoms with Crippen molar-refractivity contribution in [1.29, 1.82) is 0 Å². The Morgan fingerprint density at radius 1 is 0.388 bits per heavy atom. The SMILES string of the molecule is CC1(C)c2cc(CCCc3ccc(-c4ccccc4)cc3)ccc2-c2ccc(Nc3ccc(-c4cccc(-c5ccccc5)c4)cc3)cc21. The Labute approximate surface area is 291 Å². The minimum absolute atomic E-state index is 0.0563. The van der Waals surface area contributed by atoms with Crippen LogP contribution in [0.4, 0.5) is 11.4 Å². The van der Waals surface area contributed by atoms with E-state index in [0.29, 0.717) is 0 Å². The third kappa shape index (κ3) is 6.33. The Balaban J connectivity index is 0.931. The summed E-state index contributed by atoms with van der Waals surface area (Å²) in [5.74, 6) is 0. The molecule has 0 radical (unpaired) electrons. The molecule has 7 aromatic carbocycles. The van der Waals surface area contributed by atoms with Gasteiger partial charge >= 0.3 is 0 Å². The van der Waals surface area contributed by atoms with Crippen LogP contribution in [0.1, 0.15) is 42.5 Å². The van der Waals surface area contributed by atoms with Gasteiger partial charge in [-0.1, -0.05) is 153 Å². The second kappa shape index (κ2) is 13.1. The molecule has 49 heavy (non-hydrogen) atoms. The summed E-state index contributed by atoms with van der Waals surface area (Å²) in [6.07, 6.45) is 3.31. The highest BCUT2D eigenvalue weighted by Gasteiger charge is 2.35. The van der Waals surface area contributed by atoms with Crippen molar-refractivity contribution in [3.63, 3.8) is 0 Å². The summed E-state index contributed by atoms with van der Waals surface area (Å²) in [7, 11) is 0. The summed E-state index contributed by atoms with van der Waals surface area (Å²) in [5.41, 5.74) is 18.0. The zero-order valence-electron chi connectivity index (χ0n) is 28.3. The summed E-state index contributed by atoms with van der Waals surface area (Å²) < 4.78 is 0. The van der Waals surface area contributed by atoms with Gasteiger partial charge in [0.15, 0.2) is 0 Å². The summed E-state index contributed by atoms with van der Waals surface area (Å²) >= 11 is 0. The molecule has 238 valence electrons. The molecule has 0 heterocycles. The fourth-order valence-corrected chi connectivity index (χ4v) is 7.43. The number of anilines is 2. The summed E-state index contributed by atoms with van der Waals surface area (Å²) in [6.45, 7) is 4.75. The van der Waals surface area contributed by atoms with Gasteiger partial charge in [0.05, 0.1) is 0 Å². The predicted molar refractivity (Wildman–Crippen MR) is 209 cm³/mol. The molecule has 1 heteroatoms. The zero-order valence-corrected chi connectivity index (χ0v) is 28.3. The molecule has 1 aliphatic carbocycles. The first-order valence-corrected chi connectivity index (χ1v) is 17.5. The fourth-order valence-electron chi connectivity index (χ4n) is 7.43. The molecule has 1 N–H and O–H groups in total. The van der Waals surface area contributed by atoms with Crippen molar-refractivity contribution in [3.05, 3.63) is 192 Å². The summed E-state index contributed by atoms with van der Waals surface area (Å²) in [5, 5.41) is 3.68. The molecule has 0 unspecified atom stereocenters. The maximum atomic E-state index is 3.68. The van der Waals surface area contributed by atoms with Crippen molar-refractivity contribution in [3.8, 4) is 44.5 Å². The monoisotopic (exact) mass is 631 g/mol. The number of hydrogen-bond donors (Lipinski definition) is 1. The molecule has 0 bridgehead atoms. The van der Waals surface area contributed by atoms with Crippen LogP contribution in [-0.2, 0) is 18.3 Å². The van der Waals surface area contributed by atoms with Gasteiger partial charge < -0.3 is 5.32 Å². The number of aryl methyl sites for hydroxylation is 2. The second-order valence-electron chi connectivity index (χ2n) is 13.8. The fraction of sp³-hybridized carbons (Fsp3) is 0.125. The molecule has 0 saturated heterocycles. The van der Waals surface area contributed by atoms with Gasteiger partial charge in [-0.3, -0.25) is 0 Å². The highest BCUT2D eigenvalue weighted by atomic mass is 14.9. The van der Waals surface area contributed by atoms with Gasteiger partial charge in [-0.2, -0.15) is 0 Å². The average Bonchev–Trinajstić information content (AvgIpc) is 3.38. The van der Waals surface area contributed by atoms with Gasteiger partial charge in [-0.15, -0.1) is 0 Å². The predicted octanol–water partition coefficient (Wildman–Crippen LogP) is 12.9.